The predicted octanol–water partition coefficient (Wildman–Crippen LogP) is -0.940. The summed E-state index contributed by atoms with van der Waals surface area (Å²) in [6.07, 6.45) is 0.207. The third kappa shape index (κ3) is 9.92. The van der Waals surface area contributed by atoms with Crippen LogP contribution in [0, 0.1) is 0 Å². The van der Waals surface area contributed by atoms with Gasteiger partial charge in [0.15, 0.2) is 9.84 Å². The Labute approximate surface area is 232 Å². The molecule has 222 valence electrons. The Bertz CT molecular complexity index is 1540. The van der Waals surface area contributed by atoms with E-state index < -0.39 is 71.3 Å². The highest BCUT2D eigenvalue weighted by molar-refractivity contribution is 7.90. The van der Waals surface area contributed by atoms with Crippen molar-refractivity contribution in [2.75, 3.05) is 17.8 Å². The van der Waals surface area contributed by atoms with Crippen molar-refractivity contribution < 1.29 is 45.1 Å². The number of sulfonamides is 2. The molecule has 8 N–H and O–H groups in total. The molecule has 0 heterocycles. The molecule has 0 aliphatic carbocycles. The van der Waals surface area contributed by atoms with Crippen molar-refractivity contribution in [3.05, 3.63) is 65.2 Å². The van der Waals surface area contributed by atoms with Crippen molar-refractivity contribution >= 4 is 41.8 Å². The molecule has 40 heavy (non-hydrogen) atoms. The molecular weight excluding hydrogens is 588 g/mol. The average molecular weight is 621 g/mol. The van der Waals surface area contributed by atoms with Crippen LogP contribution in [0.1, 0.15) is 29.5 Å². The molecule has 0 bridgehead atoms. The van der Waals surface area contributed by atoms with E-state index in [1.54, 1.807) is 0 Å². The molecule has 0 amide bonds. The van der Waals surface area contributed by atoms with Crippen LogP contribution in [0.2, 0.25) is 0 Å². The van der Waals surface area contributed by atoms with E-state index in [0.29, 0.717) is 11.1 Å². The minimum Gasteiger partial charge on any atom is -0.480 e. The average Bonchev–Trinajstić information content (AvgIpc) is 2.88. The Kier molecular flexibility index (Phi) is 10.9. The van der Waals surface area contributed by atoms with Gasteiger partial charge in [-0.15, -0.1) is 0 Å². The number of carboxylic acid groups (broad SMARTS) is 2. The maximum Gasteiger partial charge on any atom is 0.328 e. The maximum absolute atomic E-state index is 12.6. The minimum atomic E-state index is -4.01. The second-order valence-corrected chi connectivity index (χ2v) is 15.0. The van der Waals surface area contributed by atoms with Crippen LogP contribution in [-0.2, 0) is 58.1 Å². The van der Waals surface area contributed by atoms with Gasteiger partial charge in [0.05, 0.1) is 16.4 Å². The van der Waals surface area contributed by atoms with Crippen LogP contribution in [0.5, 0.6) is 0 Å². The lowest BCUT2D eigenvalue weighted by Gasteiger charge is -2.26. The van der Waals surface area contributed by atoms with Crippen molar-refractivity contribution in [1.82, 2.24) is 9.44 Å². The van der Waals surface area contributed by atoms with E-state index in [1.165, 1.54) is 48.5 Å². The molecule has 1 unspecified atom stereocenters. The van der Waals surface area contributed by atoms with Gasteiger partial charge in [-0.25, -0.2) is 39.5 Å². The van der Waals surface area contributed by atoms with Gasteiger partial charge in [-0.05, 0) is 41.7 Å². The Morgan fingerprint density at radius 1 is 0.875 bits per heavy atom. The van der Waals surface area contributed by atoms with Crippen LogP contribution < -0.4 is 20.9 Å². The first-order valence-corrected chi connectivity index (χ1v) is 16.9. The van der Waals surface area contributed by atoms with Crippen molar-refractivity contribution in [3.63, 3.8) is 0 Å². The van der Waals surface area contributed by atoms with Crippen molar-refractivity contribution in [1.29, 1.82) is 0 Å². The van der Waals surface area contributed by atoms with Gasteiger partial charge in [-0.2, -0.15) is 0 Å². The summed E-state index contributed by atoms with van der Waals surface area (Å²) in [5, 5.41) is 18.6. The fourth-order valence-electron chi connectivity index (χ4n) is 3.42. The van der Waals surface area contributed by atoms with Crippen LogP contribution in [0.3, 0.4) is 0 Å². The molecule has 0 radical (unpaired) electrons. The molecule has 0 aliphatic rings. The number of hydrogen-bond acceptors (Lipinski definition) is 10. The quantitative estimate of drug-likeness (QED) is 0.133. The monoisotopic (exact) mass is 620 g/mol. The summed E-state index contributed by atoms with van der Waals surface area (Å²) in [5.74, 6) is -4.03. The van der Waals surface area contributed by atoms with E-state index in [0.717, 1.165) is 6.26 Å². The number of nitrogens with one attached hydrogen (secondary N) is 2. The van der Waals surface area contributed by atoms with E-state index >= 15 is 0 Å². The van der Waals surface area contributed by atoms with Crippen LogP contribution in [0.15, 0.2) is 53.4 Å². The first-order chi connectivity index (χ1) is 18.3. The molecule has 2 aromatic rings. The number of carboxylic acids is 2. The Morgan fingerprint density at radius 3 is 1.95 bits per heavy atom. The number of benzene rings is 2. The van der Waals surface area contributed by atoms with E-state index in [4.69, 9.17) is 16.6 Å². The smallest absolute Gasteiger partial charge is 0.328 e. The number of hydrogen-bond donors (Lipinski definition) is 6. The zero-order chi connectivity index (χ0) is 30.4. The van der Waals surface area contributed by atoms with Gasteiger partial charge in [-0.1, -0.05) is 36.4 Å². The van der Waals surface area contributed by atoms with Crippen LogP contribution >= 0.6 is 0 Å². The fourth-order valence-corrected chi connectivity index (χ4v) is 6.27. The molecule has 2 aromatic carbocycles. The van der Waals surface area contributed by atoms with E-state index in [1.807, 2.05) is 0 Å². The number of sulfone groups is 1. The summed E-state index contributed by atoms with van der Waals surface area (Å²) in [6.45, 7) is -0.420. The second-order valence-electron chi connectivity index (χ2n) is 9.16. The molecule has 0 saturated carbocycles. The van der Waals surface area contributed by atoms with E-state index in [9.17, 15) is 39.9 Å². The number of rotatable bonds is 16. The zero-order valence-electron chi connectivity index (χ0n) is 21.5. The van der Waals surface area contributed by atoms with Crippen molar-refractivity contribution in [3.8, 4) is 0 Å². The van der Waals surface area contributed by atoms with E-state index in [-0.39, 0.29) is 30.0 Å². The molecule has 0 saturated heterocycles. The van der Waals surface area contributed by atoms with Gasteiger partial charge in [0.1, 0.15) is 11.6 Å². The SMILES string of the molecule is CS(=O)(=O)c1ccc(CNS(=O)(=O)CCC(N)(C(=O)O)c2cccc(CNS(=O)(=O)CC[C@H](N)C(=O)O)c2)cc1. The number of aliphatic carboxylic acids is 2. The first-order valence-electron chi connectivity index (χ1n) is 11.7. The van der Waals surface area contributed by atoms with Gasteiger partial charge >= 0.3 is 11.9 Å². The molecule has 2 rings (SSSR count). The van der Waals surface area contributed by atoms with Crippen molar-refractivity contribution in [2.24, 2.45) is 11.5 Å². The highest BCUT2D eigenvalue weighted by atomic mass is 32.2. The summed E-state index contributed by atoms with van der Waals surface area (Å²) in [5.41, 5.74) is 10.2. The first kappa shape index (κ1) is 33.3. The normalized spacial score (nSPS) is 14.8. The summed E-state index contributed by atoms with van der Waals surface area (Å²) < 4.78 is 77.2. The zero-order valence-corrected chi connectivity index (χ0v) is 23.9. The molecule has 0 spiro atoms. The standard InChI is InChI=1S/C23H32N4O10S3/c1-38(32,33)19-7-5-16(6-8-19)14-26-40(36,37)12-10-23(25,22(30)31)18-4-2-3-17(13-18)15-27-39(34,35)11-9-20(24)21(28)29/h2-8,13,20,26-27H,9-12,14-15,24-25H2,1H3,(H,28,29)(H,30,31)/t20-,23?/m0/s1. The Morgan fingerprint density at radius 2 is 1.43 bits per heavy atom. The lowest BCUT2D eigenvalue weighted by Crippen LogP contribution is -2.47. The van der Waals surface area contributed by atoms with Gasteiger partial charge in [0.2, 0.25) is 20.0 Å². The summed E-state index contributed by atoms with van der Waals surface area (Å²) in [6, 6.07) is 9.89. The molecule has 2 atom stereocenters. The molecule has 0 aromatic heterocycles. The lowest BCUT2D eigenvalue weighted by molar-refractivity contribution is -0.144. The van der Waals surface area contributed by atoms with E-state index in [2.05, 4.69) is 9.44 Å². The highest BCUT2D eigenvalue weighted by Gasteiger charge is 2.37. The fraction of sp³-hybridized carbons (Fsp3) is 0.391. The Balaban J connectivity index is 2.07. The van der Waals surface area contributed by atoms with Gasteiger partial charge < -0.3 is 21.7 Å². The maximum atomic E-state index is 12.6. The highest BCUT2D eigenvalue weighted by Crippen LogP contribution is 2.25. The molecule has 0 aliphatic heterocycles. The lowest BCUT2D eigenvalue weighted by atomic mass is 9.87. The largest absolute Gasteiger partial charge is 0.480 e. The third-order valence-electron chi connectivity index (χ3n) is 5.95. The molecule has 17 heteroatoms. The molecule has 14 nitrogen and oxygen atoms in total. The molecular formula is C23H32N4O10S3. The Hall–Kier alpha value is -2.93. The van der Waals surface area contributed by atoms with Gasteiger partial charge in [0, 0.05) is 19.3 Å². The summed E-state index contributed by atoms with van der Waals surface area (Å²) in [4.78, 5) is 23.0. The third-order valence-corrected chi connectivity index (χ3v) is 9.76. The number of carbonyl (C=O) groups is 2. The van der Waals surface area contributed by atoms with Crippen LogP contribution in [0.25, 0.3) is 0 Å². The molecule has 0 fully saturated rings. The minimum absolute atomic E-state index is 0.0381. The number of nitrogens with two attached hydrogens (primary N) is 2. The predicted molar refractivity (Wildman–Crippen MR) is 146 cm³/mol. The van der Waals surface area contributed by atoms with Crippen LogP contribution in [-0.4, -0.2) is 71.2 Å². The summed E-state index contributed by atoms with van der Waals surface area (Å²) >= 11 is 0. The second kappa shape index (κ2) is 13.2. The summed E-state index contributed by atoms with van der Waals surface area (Å²) in [7, 11) is -11.3. The topological polar surface area (TPSA) is 253 Å². The van der Waals surface area contributed by atoms with Gasteiger partial charge in [0.25, 0.3) is 0 Å². The van der Waals surface area contributed by atoms with Crippen LogP contribution in [0.4, 0.5) is 0 Å². The van der Waals surface area contributed by atoms with Gasteiger partial charge in [-0.3, -0.25) is 4.79 Å². The van der Waals surface area contributed by atoms with Crippen molar-refractivity contribution in [2.45, 2.75) is 42.4 Å².